The summed E-state index contributed by atoms with van der Waals surface area (Å²) in [5, 5.41) is 16.9. The zero-order valence-corrected chi connectivity index (χ0v) is 57.8. The number of aromatic nitrogens is 4. The molecule has 0 spiro atoms. The standard InChI is InChI=1S/2C21H23N2.2C17H15N3O.2CH4.2Ir/c2*1-15(2)18-11-8-12-19(16(3)4)20(18)23-14-13-22-21(23)17-9-6-5-7-10-17;2*1-12(2)19-10-18-20(11-19)15-8-5-7-14-13-6-3-4-9-16(13)21-17(14)15;;;;/h2*5-9,11-16H,1-4H3;2*3-7,9-12H,1-2H3;2*1H4;;/q2*-1;2*-2;;;2*+3. The van der Waals surface area contributed by atoms with Gasteiger partial charge in [0.25, 0.3) is 0 Å². The van der Waals surface area contributed by atoms with Gasteiger partial charge in [0.2, 0.25) is 0 Å². The molecule has 92 heavy (non-hydrogen) atoms. The molecule has 8 aromatic carbocycles. The van der Waals surface area contributed by atoms with Gasteiger partial charge in [0, 0.05) is 58.1 Å². The predicted octanol–water partition coefficient (Wildman–Crippen LogP) is 20.4. The van der Waals surface area contributed by atoms with Gasteiger partial charge in [0.15, 0.2) is 0 Å². The smallest absolute Gasteiger partial charge is 0.514 e. The van der Waals surface area contributed by atoms with Crippen molar-refractivity contribution < 1.29 is 49.0 Å². The van der Waals surface area contributed by atoms with Crippen molar-refractivity contribution in [1.29, 1.82) is 0 Å². The van der Waals surface area contributed by atoms with E-state index in [4.69, 9.17) is 8.83 Å². The second kappa shape index (κ2) is 31.8. The number of fused-ring (bicyclic) bond motifs is 6. The molecule has 0 bridgehead atoms. The van der Waals surface area contributed by atoms with Gasteiger partial charge in [0.05, 0.1) is 24.3 Å². The van der Waals surface area contributed by atoms with Crippen molar-refractivity contribution in [3.63, 3.8) is 0 Å². The van der Waals surface area contributed by atoms with Crippen molar-refractivity contribution in [3.8, 4) is 34.2 Å². The van der Waals surface area contributed by atoms with Gasteiger partial charge in [-0.3, -0.25) is 9.97 Å². The van der Waals surface area contributed by atoms with Gasteiger partial charge < -0.3 is 37.8 Å². The van der Waals surface area contributed by atoms with Crippen LogP contribution < -0.4 is 10.0 Å². The van der Waals surface area contributed by atoms with E-state index in [0.29, 0.717) is 35.8 Å². The van der Waals surface area contributed by atoms with E-state index < -0.39 is 0 Å². The van der Waals surface area contributed by atoms with Crippen molar-refractivity contribution in [2.24, 2.45) is 10.2 Å². The third-order valence-electron chi connectivity index (χ3n) is 15.7. The Morgan fingerprint density at radius 3 is 1.08 bits per heavy atom. The molecule has 6 heterocycles. The van der Waals surface area contributed by atoms with E-state index in [0.717, 1.165) is 78.0 Å². The van der Waals surface area contributed by atoms with Crippen LogP contribution in [0.1, 0.15) is 144 Å². The number of para-hydroxylation sites is 4. The van der Waals surface area contributed by atoms with E-state index >= 15 is 0 Å². The van der Waals surface area contributed by atoms with Crippen LogP contribution in [-0.2, 0) is 40.2 Å². The summed E-state index contributed by atoms with van der Waals surface area (Å²) in [5.74, 6) is 3.72. The maximum atomic E-state index is 6.01. The molecule has 0 fully saturated rings. The molecule has 0 atom stereocenters. The number of nitrogens with zero attached hydrogens (tertiary/aromatic N) is 10. The van der Waals surface area contributed by atoms with Crippen LogP contribution in [0.25, 0.3) is 78.0 Å². The fourth-order valence-corrected chi connectivity index (χ4v) is 11.1. The zero-order chi connectivity index (χ0) is 61.6. The Bertz CT molecular complexity index is 4040. The van der Waals surface area contributed by atoms with Crippen molar-refractivity contribution in [2.75, 3.05) is 10.0 Å². The van der Waals surface area contributed by atoms with Crippen LogP contribution in [0.4, 0.5) is 11.4 Å². The fraction of sp³-hybridized carbons (Fsp3) is 0.256. The number of hydrogen-bond donors (Lipinski definition) is 0. The summed E-state index contributed by atoms with van der Waals surface area (Å²) < 4.78 is 16.5. The summed E-state index contributed by atoms with van der Waals surface area (Å²) in [5.41, 5.74) is 15.1. The van der Waals surface area contributed by atoms with Gasteiger partial charge in [-0.15, -0.1) is 85.1 Å². The van der Waals surface area contributed by atoms with Gasteiger partial charge in [-0.25, -0.2) is 0 Å². The molecule has 0 N–H and O–H groups in total. The first-order valence-corrected chi connectivity index (χ1v) is 30.5. The number of anilines is 2. The topological polar surface area (TPSA) is 99.6 Å². The maximum Gasteiger partial charge on any atom is 3.00 e. The summed E-state index contributed by atoms with van der Waals surface area (Å²) >= 11 is 0. The molecule has 476 valence electrons. The van der Waals surface area contributed by atoms with Crippen molar-refractivity contribution in [2.45, 2.75) is 134 Å². The largest absolute Gasteiger partial charge is 3.00 e. The van der Waals surface area contributed by atoms with Crippen molar-refractivity contribution in [1.82, 2.24) is 28.9 Å². The van der Waals surface area contributed by atoms with Gasteiger partial charge in [-0.1, -0.05) is 154 Å². The van der Waals surface area contributed by atoms with Crippen LogP contribution in [0.2, 0.25) is 0 Å². The van der Waals surface area contributed by atoms with Crippen LogP contribution in [-0.4, -0.2) is 53.7 Å². The van der Waals surface area contributed by atoms with Gasteiger partial charge in [0.1, 0.15) is 11.2 Å². The molecule has 0 saturated carbocycles. The number of hydrazone groups is 2. The molecule has 0 saturated heterocycles. The first-order valence-electron chi connectivity index (χ1n) is 30.5. The Balaban J connectivity index is 0.000000172. The summed E-state index contributed by atoms with van der Waals surface area (Å²) in [7, 11) is 0. The molecule has 0 aliphatic carbocycles. The second-order valence-electron chi connectivity index (χ2n) is 23.8. The third-order valence-corrected chi connectivity index (χ3v) is 15.7. The van der Waals surface area contributed by atoms with E-state index in [-0.39, 0.29) is 55.1 Å². The summed E-state index contributed by atoms with van der Waals surface area (Å²) in [4.78, 5) is 13.3. The third kappa shape index (κ3) is 15.1. The minimum atomic E-state index is 0. The van der Waals surface area contributed by atoms with Crippen molar-refractivity contribution >= 4 is 67.9 Å². The fourth-order valence-electron chi connectivity index (χ4n) is 11.1. The first kappa shape index (κ1) is 71.1. The number of imidazole rings is 2. The Labute approximate surface area is 572 Å². The molecule has 0 amide bonds. The molecule has 2 aliphatic heterocycles. The van der Waals surface area contributed by atoms with Gasteiger partial charge >= 0.3 is 40.2 Å². The Morgan fingerprint density at radius 1 is 0.391 bits per heavy atom. The molecule has 0 unspecified atom stereocenters. The second-order valence-corrected chi connectivity index (χ2v) is 23.8. The van der Waals surface area contributed by atoms with Crippen LogP contribution in [0.5, 0.6) is 0 Å². The average molecular weight is 1580 g/mol. The Hall–Kier alpha value is -8.38. The summed E-state index contributed by atoms with van der Waals surface area (Å²) in [6.07, 6.45) is 11.5. The van der Waals surface area contributed by atoms with Gasteiger partial charge in [-0.2, -0.15) is 46.6 Å². The van der Waals surface area contributed by atoms with Crippen LogP contribution in [0.15, 0.2) is 202 Å². The zero-order valence-electron chi connectivity index (χ0n) is 53.0. The first-order chi connectivity index (χ1) is 42.7. The monoisotopic (exact) mass is 1580 g/mol. The van der Waals surface area contributed by atoms with Gasteiger partial charge in [-0.05, 0) is 109 Å². The molecule has 4 aromatic heterocycles. The molecule has 12 aromatic rings. The number of rotatable bonds is 12. The minimum absolute atomic E-state index is 0. The molecule has 12 nitrogen and oxygen atoms in total. The minimum Gasteiger partial charge on any atom is -0.514 e. The van der Waals surface area contributed by atoms with E-state index in [1.54, 1.807) is 0 Å². The molecular weight excluding hydrogens is 1490 g/mol. The normalized spacial score (nSPS) is 12.5. The number of benzene rings is 8. The Kier molecular flexibility index (Phi) is 24.5. The van der Waals surface area contributed by atoms with E-state index in [1.165, 1.54) is 33.6 Å². The van der Waals surface area contributed by atoms with Crippen LogP contribution in [0, 0.1) is 37.6 Å². The Morgan fingerprint density at radius 2 is 0.750 bits per heavy atom. The van der Waals surface area contributed by atoms with Crippen molar-refractivity contribution in [3.05, 3.63) is 242 Å². The average Bonchev–Trinajstić information content (AvgIpc) is 1.58. The molecule has 14 rings (SSSR count). The molecule has 0 radical (unpaired) electrons. The molecular formula is C78H84Ir2N10O2. The number of furan rings is 2. The van der Waals surface area contributed by atoms with E-state index in [2.05, 4.69) is 220 Å². The van der Waals surface area contributed by atoms with Crippen LogP contribution in [0.3, 0.4) is 0 Å². The molecule has 14 heteroatoms. The quantitative estimate of drug-likeness (QED) is 0.112. The predicted molar refractivity (Wildman–Crippen MR) is 375 cm³/mol. The molecule has 2 aliphatic rings. The van der Waals surface area contributed by atoms with E-state index in [9.17, 15) is 0 Å². The number of hydrogen-bond acceptors (Lipinski definition) is 10. The van der Waals surface area contributed by atoms with Crippen LogP contribution >= 0.6 is 0 Å². The summed E-state index contributed by atoms with van der Waals surface area (Å²) in [6, 6.07) is 67.1. The SMILES string of the molecule is C.C.CC(C)N1C=NN(c2[c-]ccc3c2oc2ccccc23)[CH-]1.CC(C)N1C=NN(c2[c-]ccc3c2oc2ccccc23)[CH-]1.CC(C)c1cccc(C(C)C)c1-n1ccnc1-c1[c-]cccc1.CC(C)c1cccc(C(C)C)c1-n1ccnc1-c1[c-]cccc1.[Ir+3].[Ir+3]. The summed E-state index contributed by atoms with van der Waals surface area (Å²) in [6.45, 7) is 30.4. The maximum absolute atomic E-state index is 6.01. The van der Waals surface area contributed by atoms with E-state index in [1.807, 2.05) is 145 Å².